The zero-order valence-corrected chi connectivity index (χ0v) is 14.6. The van der Waals surface area contributed by atoms with Crippen molar-refractivity contribution in [1.29, 1.82) is 0 Å². The molecule has 1 aromatic carbocycles. The van der Waals surface area contributed by atoms with E-state index in [1.54, 1.807) is 14.0 Å². The van der Waals surface area contributed by atoms with E-state index in [1.165, 1.54) is 29.2 Å². The van der Waals surface area contributed by atoms with E-state index in [0.29, 0.717) is 16.8 Å². The van der Waals surface area contributed by atoms with Crippen LogP contribution in [0.25, 0.3) is 0 Å². The summed E-state index contributed by atoms with van der Waals surface area (Å²) in [6.07, 6.45) is 0. The summed E-state index contributed by atoms with van der Waals surface area (Å²) in [6.45, 7) is 5.79. The molecule has 0 aliphatic carbocycles. The predicted octanol–water partition coefficient (Wildman–Crippen LogP) is 2.76. The molecular formula is C17H21N3O5. The standard InChI is InChI=1S/C17H21N3O5/c1-10(2)9-25-16(21)14-11(3)19(4)17(22)18-15(14)12-5-7-13(8-6-12)20(23)24/h5-8,10,15H,9H2,1-4H3,(H,18,22)/t15-/m1/s1. The zero-order chi connectivity index (χ0) is 18.7. The highest BCUT2D eigenvalue weighted by molar-refractivity contribution is 5.95. The van der Waals surface area contributed by atoms with Gasteiger partial charge in [-0.05, 0) is 30.5 Å². The van der Waals surface area contributed by atoms with Gasteiger partial charge in [0.2, 0.25) is 0 Å². The van der Waals surface area contributed by atoms with E-state index in [-0.39, 0.29) is 24.2 Å². The van der Waals surface area contributed by atoms with Crippen molar-refractivity contribution in [2.75, 3.05) is 13.7 Å². The number of allylic oxidation sites excluding steroid dienone is 1. The van der Waals surface area contributed by atoms with Crippen LogP contribution in [0.1, 0.15) is 32.4 Å². The van der Waals surface area contributed by atoms with E-state index in [0.717, 1.165) is 0 Å². The summed E-state index contributed by atoms with van der Waals surface area (Å²) >= 11 is 0. The Morgan fingerprint density at radius 2 is 1.96 bits per heavy atom. The van der Waals surface area contributed by atoms with Crippen LogP contribution in [0.5, 0.6) is 0 Å². The van der Waals surface area contributed by atoms with Gasteiger partial charge in [0.1, 0.15) is 0 Å². The Morgan fingerprint density at radius 1 is 1.36 bits per heavy atom. The molecule has 1 atom stereocenters. The third-order valence-electron chi connectivity index (χ3n) is 3.96. The minimum absolute atomic E-state index is 0.0624. The molecule has 1 heterocycles. The Hall–Kier alpha value is -2.90. The van der Waals surface area contributed by atoms with Gasteiger partial charge in [0.25, 0.3) is 5.69 Å². The summed E-state index contributed by atoms with van der Waals surface area (Å²) < 4.78 is 5.33. The number of benzene rings is 1. The summed E-state index contributed by atoms with van der Waals surface area (Å²) in [4.78, 5) is 36.3. The van der Waals surface area contributed by atoms with Crippen molar-refractivity contribution in [3.8, 4) is 0 Å². The predicted molar refractivity (Wildman–Crippen MR) is 90.6 cm³/mol. The Balaban J connectivity index is 2.40. The van der Waals surface area contributed by atoms with Gasteiger partial charge in [-0.1, -0.05) is 13.8 Å². The summed E-state index contributed by atoms with van der Waals surface area (Å²) in [7, 11) is 1.56. The second-order valence-electron chi connectivity index (χ2n) is 6.28. The average Bonchev–Trinajstić information content (AvgIpc) is 2.57. The number of nitro benzene ring substituents is 1. The molecule has 1 N–H and O–H groups in total. The third-order valence-corrected chi connectivity index (χ3v) is 3.96. The van der Waals surface area contributed by atoms with E-state index < -0.39 is 16.9 Å². The molecule has 0 unspecified atom stereocenters. The van der Waals surface area contributed by atoms with Gasteiger partial charge in [-0.15, -0.1) is 0 Å². The second-order valence-corrected chi connectivity index (χ2v) is 6.28. The summed E-state index contributed by atoms with van der Waals surface area (Å²) in [5.74, 6) is -0.333. The molecule has 0 spiro atoms. The fraction of sp³-hybridized carbons (Fsp3) is 0.412. The number of carbonyl (C=O) groups is 2. The highest BCUT2D eigenvalue weighted by Gasteiger charge is 2.35. The minimum atomic E-state index is -0.718. The maximum atomic E-state index is 12.6. The fourth-order valence-electron chi connectivity index (χ4n) is 2.46. The Bertz CT molecular complexity index is 724. The van der Waals surface area contributed by atoms with Crippen LogP contribution >= 0.6 is 0 Å². The number of amides is 2. The van der Waals surface area contributed by atoms with Crippen molar-refractivity contribution in [1.82, 2.24) is 10.2 Å². The molecule has 0 bridgehead atoms. The van der Waals surface area contributed by atoms with Gasteiger partial charge in [-0.3, -0.25) is 10.1 Å². The van der Waals surface area contributed by atoms with Crippen molar-refractivity contribution in [3.63, 3.8) is 0 Å². The number of urea groups is 1. The Labute approximate surface area is 145 Å². The Morgan fingerprint density at radius 3 is 2.48 bits per heavy atom. The van der Waals surface area contributed by atoms with Crippen LogP contribution in [0.3, 0.4) is 0 Å². The quantitative estimate of drug-likeness (QED) is 0.501. The van der Waals surface area contributed by atoms with Crippen molar-refractivity contribution in [3.05, 3.63) is 51.2 Å². The SMILES string of the molecule is CC1=C(C(=O)OCC(C)C)[C@@H](c2ccc([N+](=O)[O-])cc2)NC(=O)N1C. The molecule has 134 valence electrons. The smallest absolute Gasteiger partial charge is 0.338 e. The van der Waals surface area contributed by atoms with E-state index in [9.17, 15) is 19.7 Å². The molecule has 8 heteroatoms. The van der Waals surface area contributed by atoms with Crippen molar-refractivity contribution >= 4 is 17.7 Å². The maximum Gasteiger partial charge on any atom is 0.338 e. The summed E-state index contributed by atoms with van der Waals surface area (Å²) in [6, 6.07) is 4.65. The first-order chi connectivity index (χ1) is 11.7. The van der Waals surface area contributed by atoms with Gasteiger partial charge in [0.15, 0.2) is 0 Å². The number of hydrogen-bond acceptors (Lipinski definition) is 5. The van der Waals surface area contributed by atoms with Crippen LogP contribution in [-0.2, 0) is 9.53 Å². The van der Waals surface area contributed by atoms with Crippen molar-refractivity contribution in [2.45, 2.75) is 26.8 Å². The number of nitro groups is 1. The largest absolute Gasteiger partial charge is 0.462 e. The Kier molecular flexibility index (Phi) is 5.41. The van der Waals surface area contributed by atoms with Crippen LogP contribution < -0.4 is 5.32 Å². The van der Waals surface area contributed by atoms with Gasteiger partial charge in [-0.25, -0.2) is 9.59 Å². The number of esters is 1. The first-order valence-electron chi connectivity index (χ1n) is 7.88. The summed E-state index contributed by atoms with van der Waals surface area (Å²) in [5, 5.41) is 13.5. The zero-order valence-electron chi connectivity index (χ0n) is 14.6. The first kappa shape index (κ1) is 18.4. The molecule has 1 aliphatic heterocycles. The fourth-order valence-corrected chi connectivity index (χ4v) is 2.46. The van der Waals surface area contributed by atoms with Crippen molar-refractivity contribution < 1.29 is 19.2 Å². The lowest BCUT2D eigenvalue weighted by Gasteiger charge is -2.33. The molecule has 0 saturated heterocycles. The molecule has 25 heavy (non-hydrogen) atoms. The lowest BCUT2D eigenvalue weighted by molar-refractivity contribution is -0.384. The molecule has 2 amide bonds. The molecule has 0 radical (unpaired) electrons. The van der Waals surface area contributed by atoms with Crippen molar-refractivity contribution in [2.24, 2.45) is 5.92 Å². The van der Waals surface area contributed by atoms with Crippen LogP contribution in [0.15, 0.2) is 35.5 Å². The van der Waals surface area contributed by atoms with Gasteiger partial charge >= 0.3 is 12.0 Å². The van der Waals surface area contributed by atoms with E-state index in [2.05, 4.69) is 5.32 Å². The average molecular weight is 347 g/mol. The topological polar surface area (TPSA) is 102 Å². The van der Waals surface area contributed by atoms with E-state index >= 15 is 0 Å². The number of ether oxygens (including phenoxy) is 1. The highest BCUT2D eigenvalue weighted by atomic mass is 16.6. The molecule has 0 fully saturated rings. The second kappa shape index (κ2) is 7.33. The molecule has 8 nitrogen and oxygen atoms in total. The van der Waals surface area contributed by atoms with Crippen LogP contribution in [0, 0.1) is 16.0 Å². The highest BCUT2D eigenvalue weighted by Crippen LogP contribution is 2.31. The number of non-ortho nitro benzene ring substituents is 1. The lowest BCUT2D eigenvalue weighted by Crippen LogP contribution is -2.46. The van der Waals surface area contributed by atoms with Crippen LogP contribution in [-0.4, -0.2) is 35.5 Å². The maximum absolute atomic E-state index is 12.6. The normalized spacial score (nSPS) is 17.6. The van der Waals surface area contributed by atoms with Gasteiger partial charge in [-0.2, -0.15) is 0 Å². The first-order valence-corrected chi connectivity index (χ1v) is 7.88. The number of carbonyl (C=O) groups excluding carboxylic acids is 2. The minimum Gasteiger partial charge on any atom is -0.462 e. The van der Waals surface area contributed by atoms with Gasteiger partial charge in [0.05, 0.1) is 23.1 Å². The number of nitrogens with one attached hydrogen (secondary N) is 1. The molecule has 0 saturated carbocycles. The van der Waals surface area contributed by atoms with E-state index in [4.69, 9.17) is 4.74 Å². The van der Waals surface area contributed by atoms with Gasteiger partial charge < -0.3 is 15.0 Å². The molecule has 1 aliphatic rings. The van der Waals surface area contributed by atoms with Gasteiger partial charge in [0, 0.05) is 24.9 Å². The molecular weight excluding hydrogens is 326 g/mol. The lowest BCUT2D eigenvalue weighted by atomic mass is 9.95. The van der Waals surface area contributed by atoms with E-state index in [1.807, 2.05) is 13.8 Å². The van der Waals surface area contributed by atoms with Crippen LogP contribution in [0.2, 0.25) is 0 Å². The third kappa shape index (κ3) is 3.96. The molecule has 2 rings (SSSR count). The summed E-state index contributed by atoms with van der Waals surface area (Å²) in [5.41, 5.74) is 1.31. The molecule has 0 aromatic heterocycles. The van der Waals surface area contributed by atoms with Crippen LogP contribution in [0.4, 0.5) is 10.5 Å². The number of rotatable bonds is 5. The number of hydrogen-bond donors (Lipinski definition) is 1. The molecule has 1 aromatic rings. The number of nitrogens with zero attached hydrogens (tertiary/aromatic N) is 2. The monoisotopic (exact) mass is 347 g/mol.